The molecule has 1 saturated heterocycles. The maximum Gasteiger partial charge on any atom is 0.289 e. The van der Waals surface area contributed by atoms with Crippen LogP contribution in [-0.2, 0) is 0 Å². The number of piperazine rings is 1. The zero-order valence-corrected chi connectivity index (χ0v) is 23.8. The second kappa shape index (κ2) is 12.7. The molecule has 1 fully saturated rings. The van der Waals surface area contributed by atoms with Crippen molar-refractivity contribution in [2.75, 3.05) is 49.6 Å². The van der Waals surface area contributed by atoms with Crippen LogP contribution >= 0.6 is 12.2 Å². The third-order valence-electron chi connectivity index (χ3n) is 6.68. The first kappa shape index (κ1) is 28.0. The fourth-order valence-electron chi connectivity index (χ4n) is 4.71. The number of nitrogens with one attached hydrogen (secondary N) is 2. The molecule has 0 atom stereocenters. The lowest BCUT2D eigenvalue weighted by Gasteiger charge is -2.35. The Kier molecular flexibility index (Phi) is 8.69. The summed E-state index contributed by atoms with van der Waals surface area (Å²) in [6.07, 6.45) is 0. The van der Waals surface area contributed by atoms with Crippen LogP contribution in [0.25, 0.3) is 11.0 Å². The van der Waals surface area contributed by atoms with E-state index in [-0.39, 0.29) is 16.9 Å². The predicted molar refractivity (Wildman–Crippen MR) is 163 cm³/mol. The van der Waals surface area contributed by atoms with Gasteiger partial charge in [-0.15, -0.1) is 0 Å². The Balaban J connectivity index is 1.13. The van der Waals surface area contributed by atoms with Crippen LogP contribution < -0.4 is 25.0 Å². The van der Waals surface area contributed by atoms with Gasteiger partial charge in [0, 0.05) is 54.6 Å². The third-order valence-corrected chi connectivity index (χ3v) is 6.89. The fourth-order valence-corrected chi connectivity index (χ4v) is 4.92. The first-order valence-corrected chi connectivity index (χ1v) is 14.0. The molecule has 1 aromatic heterocycles. The largest absolute Gasteiger partial charge is 0.494 e. The minimum atomic E-state index is -0.364. The molecular weight excluding hydrogens is 540 g/mol. The van der Waals surface area contributed by atoms with Crippen LogP contribution in [0.2, 0.25) is 0 Å². The Bertz CT molecular complexity index is 1490. The second-order valence-corrected chi connectivity index (χ2v) is 9.85. The number of rotatable bonds is 8. The summed E-state index contributed by atoms with van der Waals surface area (Å²) in [5.41, 5.74) is 2.89. The summed E-state index contributed by atoms with van der Waals surface area (Å²) in [6.45, 7) is 7.31. The van der Waals surface area contributed by atoms with E-state index in [2.05, 4.69) is 15.5 Å². The minimum Gasteiger partial charge on any atom is -0.494 e. The highest BCUT2D eigenvalue weighted by atomic mass is 32.1. The van der Waals surface area contributed by atoms with Crippen LogP contribution in [0.4, 0.5) is 11.4 Å². The lowest BCUT2D eigenvalue weighted by Crippen LogP contribution is -2.48. The molecule has 2 amide bonds. The maximum absolute atomic E-state index is 13.0. The molecule has 1 aliphatic heterocycles. The Labute approximate surface area is 244 Å². The third kappa shape index (κ3) is 6.78. The second-order valence-electron chi connectivity index (χ2n) is 9.44. The Morgan fingerprint density at radius 2 is 1.54 bits per heavy atom. The number of nitrogens with zero attached hydrogens (tertiary/aromatic N) is 2. The highest BCUT2D eigenvalue weighted by molar-refractivity contribution is 7.80. The zero-order chi connectivity index (χ0) is 28.8. The number of anilines is 2. The van der Waals surface area contributed by atoms with Crippen LogP contribution in [0.3, 0.4) is 0 Å². The SMILES string of the molecule is CCOc1cc(OCC)cc(C(=O)NC(=S)Nc2ccc(N3CCN(C(=O)c4cc5ccccc5o4)CC3)cc2)c1. The quantitative estimate of drug-likeness (QED) is 0.274. The lowest BCUT2D eigenvalue weighted by molar-refractivity contribution is 0.0717. The van der Waals surface area contributed by atoms with Gasteiger partial charge in [-0.25, -0.2) is 0 Å². The zero-order valence-electron chi connectivity index (χ0n) is 23.0. The first-order valence-electron chi connectivity index (χ1n) is 13.6. The van der Waals surface area contributed by atoms with Gasteiger partial charge in [-0.3, -0.25) is 14.9 Å². The van der Waals surface area contributed by atoms with E-state index in [4.69, 9.17) is 26.1 Å². The van der Waals surface area contributed by atoms with Gasteiger partial charge in [0.15, 0.2) is 10.9 Å². The van der Waals surface area contributed by atoms with Gasteiger partial charge in [0.25, 0.3) is 11.8 Å². The number of thiocarbonyl (C=S) groups is 1. The van der Waals surface area contributed by atoms with Crippen molar-refractivity contribution in [2.24, 2.45) is 0 Å². The molecular formula is C31H32N4O5S. The van der Waals surface area contributed by atoms with Gasteiger partial charge in [0.2, 0.25) is 0 Å². The van der Waals surface area contributed by atoms with E-state index < -0.39 is 0 Å². The summed E-state index contributed by atoms with van der Waals surface area (Å²) < 4.78 is 16.9. The Morgan fingerprint density at radius 3 is 2.17 bits per heavy atom. The number of ether oxygens (including phenoxy) is 2. The molecule has 10 heteroatoms. The molecule has 1 aliphatic rings. The maximum atomic E-state index is 13.0. The fraction of sp³-hybridized carbons (Fsp3) is 0.258. The summed E-state index contributed by atoms with van der Waals surface area (Å²) in [5, 5.41) is 6.88. The molecule has 5 rings (SSSR count). The highest BCUT2D eigenvalue weighted by Gasteiger charge is 2.25. The normalized spacial score (nSPS) is 13.1. The predicted octanol–water partition coefficient (Wildman–Crippen LogP) is 5.32. The van der Waals surface area contributed by atoms with Crippen LogP contribution in [-0.4, -0.2) is 61.2 Å². The van der Waals surface area contributed by atoms with E-state index >= 15 is 0 Å². The Morgan fingerprint density at radius 1 is 0.878 bits per heavy atom. The van der Waals surface area contributed by atoms with Gasteiger partial charge in [-0.05, 0) is 74.6 Å². The number of fused-ring (bicyclic) bond motifs is 1. The van der Waals surface area contributed by atoms with Crippen molar-refractivity contribution in [2.45, 2.75) is 13.8 Å². The molecule has 0 spiro atoms. The molecule has 0 unspecified atom stereocenters. The van der Waals surface area contributed by atoms with E-state index in [9.17, 15) is 9.59 Å². The number of carbonyl (C=O) groups is 2. The van der Waals surface area contributed by atoms with Gasteiger partial charge < -0.3 is 29.0 Å². The van der Waals surface area contributed by atoms with E-state index in [1.807, 2.05) is 67.3 Å². The van der Waals surface area contributed by atoms with Crippen molar-refractivity contribution in [1.82, 2.24) is 10.2 Å². The summed E-state index contributed by atoms with van der Waals surface area (Å²) in [4.78, 5) is 29.9. The summed E-state index contributed by atoms with van der Waals surface area (Å²) in [7, 11) is 0. The van der Waals surface area contributed by atoms with E-state index in [0.717, 1.165) is 16.8 Å². The Hall–Kier alpha value is -4.57. The smallest absolute Gasteiger partial charge is 0.289 e. The molecule has 3 aromatic carbocycles. The molecule has 2 N–H and O–H groups in total. The molecule has 0 radical (unpaired) electrons. The number of para-hydroxylation sites is 1. The molecule has 9 nitrogen and oxygen atoms in total. The highest BCUT2D eigenvalue weighted by Crippen LogP contribution is 2.25. The molecule has 0 bridgehead atoms. The van der Waals surface area contributed by atoms with Crippen molar-refractivity contribution in [3.05, 3.63) is 84.1 Å². The van der Waals surface area contributed by atoms with Crippen molar-refractivity contribution in [1.29, 1.82) is 0 Å². The molecule has 0 saturated carbocycles. The molecule has 41 heavy (non-hydrogen) atoms. The lowest BCUT2D eigenvalue weighted by atomic mass is 10.2. The van der Waals surface area contributed by atoms with E-state index in [1.54, 1.807) is 24.3 Å². The number of amides is 2. The van der Waals surface area contributed by atoms with Crippen LogP contribution in [0.5, 0.6) is 11.5 Å². The minimum absolute atomic E-state index is 0.0883. The van der Waals surface area contributed by atoms with Crippen molar-refractivity contribution >= 4 is 51.5 Å². The van der Waals surface area contributed by atoms with Gasteiger partial charge in [0.1, 0.15) is 17.1 Å². The number of furan rings is 1. The average molecular weight is 573 g/mol. The van der Waals surface area contributed by atoms with Crippen molar-refractivity contribution in [3.63, 3.8) is 0 Å². The van der Waals surface area contributed by atoms with Crippen LogP contribution in [0.15, 0.2) is 77.2 Å². The summed E-state index contributed by atoms with van der Waals surface area (Å²) in [5.74, 6) is 1.02. The molecule has 212 valence electrons. The van der Waals surface area contributed by atoms with E-state index in [0.29, 0.717) is 67.8 Å². The van der Waals surface area contributed by atoms with Gasteiger partial charge in [-0.2, -0.15) is 0 Å². The number of hydrogen-bond donors (Lipinski definition) is 2. The topological polar surface area (TPSA) is 96.3 Å². The van der Waals surface area contributed by atoms with Crippen LogP contribution in [0.1, 0.15) is 34.8 Å². The standard InChI is InChI=1S/C31H32N4O5S/c1-3-38-25-17-22(18-26(20-25)39-4-2)29(36)33-31(41)32-23-9-11-24(12-10-23)34-13-15-35(16-14-34)30(37)28-19-21-7-5-6-8-27(21)40-28/h5-12,17-20H,3-4,13-16H2,1-2H3,(H2,32,33,36,41). The van der Waals surface area contributed by atoms with E-state index in [1.165, 1.54) is 0 Å². The van der Waals surface area contributed by atoms with Crippen LogP contribution in [0, 0.1) is 0 Å². The average Bonchev–Trinajstić information content (AvgIpc) is 3.42. The summed E-state index contributed by atoms with van der Waals surface area (Å²) >= 11 is 5.38. The number of carbonyl (C=O) groups excluding carboxylic acids is 2. The molecule has 2 heterocycles. The number of benzene rings is 3. The van der Waals surface area contributed by atoms with Crippen molar-refractivity contribution in [3.8, 4) is 11.5 Å². The monoisotopic (exact) mass is 572 g/mol. The molecule has 4 aromatic rings. The number of hydrogen-bond acceptors (Lipinski definition) is 7. The van der Waals surface area contributed by atoms with Gasteiger partial charge >= 0.3 is 0 Å². The van der Waals surface area contributed by atoms with Gasteiger partial charge in [0.05, 0.1) is 13.2 Å². The van der Waals surface area contributed by atoms with Gasteiger partial charge in [-0.1, -0.05) is 18.2 Å². The summed E-state index contributed by atoms with van der Waals surface area (Å²) in [6, 6.07) is 22.3. The van der Waals surface area contributed by atoms with Crippen molar-refractivity contribution < 1.29 is 23.5 Å². The molecule has 0 aliphatic carbocycles. The first-order chi connectivity index (χ1) is 19.9.